The van der Waals surface area contributed by atoms with Crippen LogP contribution in [0.3, 0.4) is 0 Å². The summed E-state index contributed by atoms with van der Waals surface area (Å²) in [5.41, 5.74) is -0.0679. The molecule has 1 fully saturated rings. The van der Waals surface area contributed by atoms with E-state index in [4.69, 9.17) is 9.84 Å². The van der Waals surface area contributed by atoms with E-state index < -0.39 is 5.97 Å². The zero-order valence-electron chi connectivity index (χ0n) is 10.2. The summed E-state index contributed by atoms with van der Waals surface area (Å²) >= 11 is 0. The topological polar surface area (TPSA) is 87.6 Å². The minimum absolute atomic E-state index is 0.0346. The zero-order valence-corrected chi connectivity index (χ0v) is 10.2. The van der Waals surface area contributed by atoms with Gasteiger partial charge in [0.1, 0.15) is 0 Å². The molecule has 7 heteroatoms. The molecule has 1 unspecified atom stereocenters. The molecule has 1 aliphatic heterocycles. The summed E-state index contributed by atoms with van der Waals surface area (Å²) in [4.78, 5) is 20.9. The van der Waals surface area contributed by atoms with Crippen molar-refractivity contribution in [3.63, 3.8) is 0 Å². The number of aromatic carboxylic acids is 1. The lowest BCUT2D eigenvalue weighted by molar-refractivity contribution is -0.0117. The number of hydrogen-bond donors (Lipinski definition) is 2. The standard InChI is InChI=1S/C11H16N4O3/c1-15-4-5-18-8(7-15)6-14-10-9(11(16)17)12-2-3-13-10/h2-3,8H,4-7H2,1H3,(H,13,14)(H,16,17). The highest BCUT2D eigenvalue weighted by Crippen LogP contribution is 2.10. The molecule has 0 radical (unpaired) electrons. The van der Waals surface area contributed by atoms with Crippen molar-refractivity contribution in [1.82, 2.24) is 14.9 Å². The third-order valence-electron chi connectivity index (χ3n) is 2.74. The van der Waals surface area contributed by atoms with Crippen LogP contribution in [0, 0.1) is 0 Å². The second-order valence-electron chi connectivity index (χ2n) is 4.19. The lowest BCUT2D eigenvalue weighted by Crippen LogP contribution is -2.43. The highest BCUT2D eigenvalue weighted by molar-refractivity contribution is 5.90. The summed E-state index contributed by atoms with van der Waals surface area (Å²) in [5, 5.41) is 11.9. The van der Waals surface area contributed by atoms with Gasteiger partial charge >= 0.3 is 5.97 Å². The van der Waals surface area contributed by atoms with Crippen LogP contribution >= 0.6 is 0 Å². The number of ether oxygens (including phenoxy) is 1. The lowest BCUT2D eigenvalue weighted by Gasteiger charge is -2.30. The van der Waals surface area contributed by atoms with Crippen molar-refractivity contribution >= 4 is 11.8 Å². The van der Waals surface area contributed by atoms with Crippen LogP contribution in [0.4, 0.5) is 5.82 Å². The number of nitrogens with zero attached hydrogens (tertiary/aromatic N) is 3. The highest BCUT2D eigenvalue weighted by atomic mass is 16.5. The number of carbonyl (C=O) groups is 1. The van der Waals surface area contributed by atoms with Crippen molar-refractivity contribution in [2.75, 3.05) is 38.6 Å². The first-order valence-electron chi connectivity index (χ1n) is 5.75. The Morgan fingerprint density at radius 1 is 1.61 bits per heavy atom. The van der Waals surface area contributed by atoms with E-state index in [9.17, 15) is 4.79 Å². The van der Waals surface area contributed by atoms with E-state index in [2.05, 4.69) is 20.2 Å². The quantitative estimate of drug-likeness (QED) is 0.774. The molecule has 2 N–H and O–H groups in total. The number of carboxylic acid groups (broad SMARTS) is 1. The zero-order chi connectivity index (χ0) is 13.0. The first-order valence-corrected chi connectivity index (χ1v) is 5.75. The average molecular weight is 252 g/mol. The summed E-state index contributed by atoms with van der Waals surface area (Å²) in [7, 11) is 2.03. The van der Waals surface area contributed by atoms with Gasteiger partial charge in [-0.05, 0) is 7.05 Å². The Morgan fingerprint density at radius 3 is 3.11 bits per heavy atom. The van der Waals surface area contributed by atoms with Crippen LogP contribution in [0.25, 0.3) is 0 Å². The Kier molecular flexibility index (Phi) is 4.06. The fraction of sp³-hybridized carbons (Fsp3) is 0.545. The van der Waals surface area contributed by atoms with Gasteiger partial charge in [0, 0.05) is 32.0 Å². The molecule has 7 nitrogen and oxygen atoms in total. The van der Waals surface area contributed by atoms with Crippen molar-refractivity contribution in [3.8, 4) is 0 Å². The van der Waals surface area contributed by atoms with Gasteiger partial charge in [-0.3, -0.25) is 0 Å². The number of morpholine rings is 1. The van der Waals surface area contributed by atoms with Crippen LogP contribution in [0.2, 0.25) is 0 Å². The fourth-order valence-electron chi connectivity index (χ4n) is 1.82. The number of nitrogens with one attached hydrogen (secondary N) is 1. The second-order valence-corrected chi connectivity index (χ2v) is 4.19. The summed E-state index contributed by atoms with van der Waals surface area (Å²) < 4.78 is 5.57. The molecule has 0 bridgehead atoms. The molecule has 18 heavy (non-hydrogen) atoms. The Morgan fingerprint density at radius 2 is 2.39 bits per heavy atom. The van der Waals surface area contributed by atoms with E-state index >= 15 is 0 Å². The first-order chi connectivity index (χ1) is 8.66. The van der Waals surface area contributed by atoms with Crippen LogP contribution in [0.5, 0.6) is 0 Å². The number of hydrogen-bond acceptors (Lipinski definition) is 6. The number of anilines is 1. The highest BCUT2D eigenvalue weighted by Gasteiger charge is 2.19. The van der Waals surface area contributed by atoms with Crippen LogP contribution in [-0.2, 0) is 4.74 Å². The maximum atomic E-state index is 10.9. The fourth-order valence-corrected chi connectivity index (χ4v) is 1.82. The first kappa shape index (κ1) is 12.7. The van der Waals surface area contributed by atoms with Gasteiger partial charge < -0.3 is 20.1 Å². The average Bonchev–Trinajstić information content (AvgIpc) is 2.37. The van der Waals surface area contributed by atoms with Gasteiger partial charge in [0.05, 0.1) is 12.7 Å². The van der Waals surface area contributed by atoms with E-state index in [0.717, 1.165) is 13.1 Å². The van der Waals surface area contributed by atoms with Crippen molar-refractivity contribution in [2.24, 2.45) is 0 Å². The number of likely N-dealkylation sites (N-methyl/N-ethyl adjacent to an activating group) is 1. The van der Waals surface area contributed by atoms with Gasteiger partial charge in [0.2, 0.25) is 0 Å². The minimum Gasteiger partial charge on any atom is -0.476 e. The maximum absolute atomic E-state index is 10.9. The van der Waals surface area contributed by atoms with Gasteiger partial charge in [-0.15, -0.1) is 0 Å². The predicted molar refractivity (Wildman–Crippen MR) is 64.7 cm³/mol. The van der Waals surface area contributed by atoms with Crippen molar-refractivity contribution < 1.29 is 14.6 Å². The normalized spacial score (nSPS) is 20.6. The maximum Gasteiger partial charge on any atom is 0.358 e. The van der Waals surface area contributed by atoms with Crippen LogP contribution in [-0.4, -0.2) is 65.3 Å². The molecule has 1 aromatic heterocycles. The number of rotatable bonds is 4. The number of aromatic nitrogens is 2. The van der Waals surface area contributed by atoms with E-state index in [1.54, 1.807) is 0 Å². The Balaban J connectivity index is 1.95. The molecule has 1 atom stereocenters. The van der Waals surface area contributed by atoms with Gasteiger partial charge in [0.15, 0.2) is 11.5 Å². The smallest absolute Gasteiger partial charge is 0.358 e. The molecule has 2 heterocycles. The Hall–Kier alpha value is -1.73. The summed E-state index contributed by atoms with van der Waals surface area (Å²) in [6.45, 7) is 2.94. The molecule has 1 aliphatic rings. The van der Waals surface area contributed by atoms with E-state index in [1.807, 2.05) is 7.05 Å². The molecule has 0 saturated carbocycles. The van der Waals surface area contributed by atoms with Crippen LogP contribution in [0.1, 0.15) is 10.5 Å². The molecule has 0 aromatic carbocycles. The summed E-state index contributed by atoms with van der Waals surface area (Å²) in [5.74, 6) is -0.811. The molecular weight excluding hydrogens is 236 g/mol. The largest absolute Gasteiger partial charge is 0.476 e. The van der Waals surface area contributed by atoms with Crippen molar-refractivity contribution in [1.29, 1.82) is 0 Å². The molecule has 98 valence electrons. The van der Waals surface area contributed by atoms with Crippen molar-refractivity contribution in [2.45, 2.75) is 6.10 Å². The molecule has 1 saturated heterocycles. The van der Waals surface area contributed by atoms with E-state index in [1.165, 1.54) is 12.4 Å². The molecule has 1 aromatic rings. The molecule has 0 amide bonds. The molecule has 2 rings (SSSR count). The Labute approximate surface area is 105 Å². The van der Waals surface area contributed by atoms with E-state index in [0.29, 0.717) is 13.2 Å². The molecule has 0 spiro atoms. The second kappa shape index (κ2) is 5.74. The van der Waals surface area contributed by atoms with Crippen LogP contribution in [0.15, 0.2) is 12.4 Å². The third kappa shape index (κ3) is 3.14. The lowest BCUT2D eigenvalue weighted by atomic mass is 10.3. The molecular formula is C11H16N4O3. The van der Waals surface area contributed by atoms with Gasteiger partial charge in [0.25, 0.3) is 0 Å². The monoisotopic (exact) mass is 252 g/mol. The van der Waals surface area contributed by atoms with Gasteiger partial charge in [-0.25, -0.2) is 14.8 Å². The summed E-state index contributed by atoms with van der Waals surface area (Å²) in [6, 6.07) is 0. The SMILES string of the molecule is CN1CCOC(CNc2nccnc2C(=O)O)C1. The summed E-state index contributed by atoms with van der Waals surface area (Å²) in [6.07, 6.45) is 2.86. The van der Waals surface area contributed by atoms with Gasteiger partial charge in [-0.1, -0.05) is 0 Å². The third-order valence-corrected chi connectivity index (χ3v) is 2.74. The van der Waals surface area contributed by atoms with Gasteiger partial charge in [-0.2, -0.15) is 0 Å². The Bertz CT molecular complexity index is 427. The van der Waals surface area contributed by atoms with Crippen LogP contribution < -0.4 is 5.32 Å². The van der Waals surface area contributed by atoms with Crippen molar-refractivity contribution in [3.05, 3.63) is 18.1 Å². The van der Waals surface area contributed by atoms with E-state index in [-0.39, 0.29) is 17.6 Å². The minimum atomic E-state index is -1.09. The molecule has 0 aliphatic carbocycles. The predicted octanol–water partition coefficient (Wildman–Crippen LogP) is -0.0827. The number of carboxylic acids is 1.